The van der Waals surface area contributed by atoms with E-state index in [4.69, 9.17) is 21.1 Å². The number of nitrogens with one attached hydrogen (secondary N) is 1. The summed E-state index contributed by atoms with van der Waals surface area (Å²) in [6.45, 7) is 7.14. The Kier molecular flexibility index (Phi) is 12.1. The highest BCUT2D eigenvalue weighted by Crippen LogP contribution is 2.58. The third-order valence-corrected chi connectivity index (χ3v) is 15.0. The predicted molar refractivity (Wildman–Crippen MR) is 216 cm³/mol. The number of carbonyl (C=O) groups is 4. The fourth-order valence-corrected chi connectivity index (χ4v) is 10.2. The second kappa shape index (κ2) is 16.0. The van der Waals surface area contributed by atoms with Crippen molar-refractivity contribution in [3.63, 3.8) is 0 Å². The van der Waals surface area contributed by atoms with Gasteiger partial charge in [0.15, 0.2) is 17.2 Å². The molecule has 1 spiro atoms. The summed E-state index contributed by atoms with van der Waals surface area (Å²) >= 11 is 6.27. The number of hydrogen-bond donors (Lipinski definition) is 1. The number of ether oxygens (including phenoxy) is 2. The first-order valence-electron chi connectivity index (χ1n) is 20.2. The minimum absolute atomic E-state index is 0. The summed E-state index contributed by atoms with van der Waals surface area (Å²) in [6, 6.07) is 3.17. The highest BCUT2D eigenvalue weighted by molar-refractivity contribution is 7.91. The summed E-state index contributed by atoms with van der Waals surface area (Å²) in [4.78, 5) is 62.0. The fourth-order valence-electron chi connectivity index (χ4n) is 8.72. The van der Waals surface area contributed by atoms with Crippen LogP contribution in [0.3, 0.4) is 0 Å². The molecule has 1 N–H and O–H groups in total. The number of carbonyl (C=O) groups excluding carboxylic acids is 4. The number of amides is 2. The molecule has 3 fully saturated rings. The van der Waals surface area contributed by atoms with Gasteiger partial charge in [0.05, 0.1) is 41.3 Å². The van der Waals surface area contributed by atoms with Gasteiger partial charge >= 0.3 is 12.1 Å². The number of pyridine rings is 1. The first-order chi connectivity index (χ1) is 27.1. The second-order valence-corrected chi connectivity index (χ2v) is 21.2. The SMILES string of the molecule is C.CC(C)(C)COC(=O)C[C@H]1CCCCC/C=C\[C@@H]2C[C@@]2(C(=O)NS(=O)(=O)C2(C)CC2)CC(=O)[C@@H]2C[C@]3(CCc4c(c(C(F)(F)F)nc5ccc(Cl)cc45)O3)CN2C1=O. The van der Waals surface area contributed by atoms with Gasteiger partial charge in [0.25, 0.3) is 0 Å². The van der Waals surface area contributed by atoms with Crippen LogP contribution in [0, 0.1) is 22.7 Å². The lowest BCUT2D eigenvalue weighted by molar-refractivity contribution is -0.152. The number of rotatable bonds is 6. The van der Waals surface area contributed by atoms with Gasteiger partial charge in [0.1, 0.15) is 5.60 Å². The summed E-state index contributed by atoms with van der Waals surface area (Å²) in [5.74, 6) is -4.26. The summed E-state index contributed by atoms with van der Waals surface area (Å²) < 4.78 is 83.7. The number of aromatic nitrogens is 1. The molecule has 59 heavy (non-hydrogen) atoms. The molecule has 0 unspecified atom stereocenters. The number of halogens is 4. The quantitative estimate of drug-likeness (QED) is 0.224. The molecule has 0 bridgehead atoms. The zero-order chi connectivity index (χ0) is 42.1. The lowest BCUT2D eigenvalue weighted by Crippen LogP contribution is -2.48. The van der Waals surface area contributed by atoms with Crippen molar-refractivity contribution in [2.24, 2.45) is 22.7 Å². The third kappa shape index (κ3) is 9.16. The molecule has 4 heterocycles. The van der Waals surface area contributed by atoms with Gasteiger partial charge in [0, 0.05) is 34.7 Å². The summed E-state index contributed by atoms with van der Waals surface area (Å²) in [5, 5.41) is 0.701. The van der Waals surface area contributed by atoms with Crippen LogP contribution in [-0.2, 0) is 46.5 Å². The number of nitrogens with zero attached hydrogens (tertiary/aromatic N) is 2. The zero-order valence-electron chi connectivity index (χ0n) is 33.3. The Bertz CT molecular complexity index is 2170. The number of Topliss-reactive ketones (excluding diaryl/α,β-unsaturated/α-hetero) is 1. The average molecular weight is 866 g/mol. The standard InChI is InChI=1S/C42H51ClF3N3O8S.CH4/c1-38(2,3)24-56-33(51)18-25-10-8-6-5-7-9-11-26-20-41(26,37(53)48-58(54,55)39(4)16-17-39)22-32(50)31-21-40(23-49(31)36(25)52)15-14-28-29-19-27(43)12-13-30(29)47-35(34(28)57-40)42(44,45)46;/h9,11-13,19,25-26,31H,5-8,10,14-18,20-24H2,1-4H3,(H,48,53);1H4/b11-9-;/t25-,26-,31+,40-,41-;/m1./s1. The minimum Gasteiger partial charge on any atom is -0.483 e. The number of esters is 1. The first kappa shape index (κ1) is 44.8. The van der Waals surface area contributed by atoms with Crippen LogP contribution in [0.15, 0.2) is 30.4 Å². The molecule has 5 atom stereocenters. The Morgan fingerprint density at radius 2 is 1.81 bits per heavy atom. The number of benzene rings is 1. The molecule has 2 saturated carbocycles. The van der Waals surface area contributed by atoms with E-state index in [1.54, 1.807) is 6.92 Å². The van der Waals surface area contributed by atoms with Crippen LogP contribution in [0.1, 0.15) is 123 Å². The molecule has 2 aromatic rings. The fraction of sp³-hybridized carbons (Fsp3) is 0.651. The van der Waals surface area contributed by atoms with Crippen molar-refractivity contribution in [3.05, 3.63) is 46.6 Å². The van der Waals surface area contributed by atoms with Crippen molar-refractivity contribution in [2.45, 2.75) is 141 Å². The molecular formula is C43H55ClF3N3O8S. The Hall–Kier alpha value is -3.72. The van der Waals surface area contributed by atoms with E-state index >= 15 is 0 Å². The third-order valence-electron chi connectivity index (χ3n) is 12.6. The maximum absolute atomic E-state index is 14.8. The van der Waals surface area contributed by atoms with Gasteiger partial charge in [-0.15, -0.1) is 0 Å². The van der Waals surface area contributed by atoms with E-state index < -0.39 is 91.3 Å². The number of ketones is 1. The van der Waals surface area contributed by atoms with Crippen molar-refractivity contribution in [1.82, 2.24) is 14.6 Å². The molecule has 1 saturated heterocycles. The van der Waals surface area contributed by atoms with E-state index in [0.717, 1.165) is 12.8 Å². The second-order valence-electron chi connectivity index (χ2n) is 18.6. The lowest BCUT2D eigenvalue weighted by Gasteiger charge is -2.37. The highest BCUT2D eigenvalue weighted by Gasteiger charge is 2.63. The average Bonchev–Trinajstić information content (AvgIpc) is 4.03. The number of fused-ring (bicyclic) bond motifs is 5. The van der Waals surface area contributed by atoms with Crippen molar-refractivity contribution >= 4 is 56.1 Å². The number of allylic oxidation sites excluding steroid dienone is 2. The number of sulfonamides is 1. The van der Waals surface area contributed by atoms with E-state index in [2.05, 4.69) is 9.71 Å². The molecule has 16 heteroatoms. The van der Waals surface area contributed by atoms with Crippen LogP contribution in [0.2, 0.25) is 5.02 Å². The van der Waals surface area contributed by atoms with Crippen molar-refractivity contribution in [3.8, 4) is 5.75 Å². The molecule has 324 valence electrons. The zero-order valence-corrected chi connectivity index (χ0v) is 34.9. The van der Waals surface area contributed by atoms with E-state index in [1.165, 1.54) is 23.1 Å². The van der Waals surface area contributed by atoms with Crippen LogP contribution >= 0.6 is 11.6 Å². The van der Waals surface area contributed by atoms with Crippen molar-refractivity contribution in [2.75, 3.05) is 13.2 Å². The Morgan fingerprint density at radius 1 is 1.08 bits per heavy atom. The molecule has 1 aromatic carbocycles. The molecule has 5 aliphatic rings. The van der Waals surface area contributed by atoms with E-state index in [9.17, 15) is 40.8 Å². The molecule has 2 aliphatic carbocycles. The van der Waals surface area contributed by atoms with Crippen LogP contribution in [0.4, 0.5) is 13.2 Å². The normalized spacial score (nSPS) is 28.8. The summed E-state index contributed by atoms with van der Waals surface area (Å²) in [5.41, 5.74) is -4.07. The van der Waals surface area contributed by atoms with Gasteiger partial charge in [0.2, 0.25) is 21.8 Å². The number of alkyl halides is 3. The van der Waals surface area contributed by atoms with Gasteiger partial charge < -0.3 is 14.4 Å². The van der Waals surface area contributed by atoms with E-state index in [-0.39, 0.29) is 69.2 Å². The van der Waals surface area contributed by atoms with E-state index in [1.807, 2.05) is 32.9 Å². The molecule has 3 aliphatic heterocycles. The Balaban J connectivity index is 0.00000585. The van der Waals surface area contributed by atoms with E-state index in [0.29, 0.717) is 42.5 Å². The maximum atomic E-state index is 14.8. The highest BCUT2D eigenvalue weighted by atomic mass is 35.5. The van der Waals surface area contributed by atoms with Crippen molar-refractivity contribution < 1.29 is 50.2 Å². The van der Waals surface area contributed by atoms with Gasteiger partial charge in [-0.2, -0.15) is 13.2 Å². The molecular weight excluding hydrogens is 811 g/mol. The van der Waals surface area contributed by atoms with Crippen LogP contribution in [0.5, 0.6) is 5.75 Å². The van der Waals surface area contributed by atoms with Gasteiger partial charge in [-0.1, -0.05) is 64.8 Å². The Morgan fingerprint density at radius 3 is 2.49 bits per heavy atom. The molecule has 0 radical (unpaired) electrons. The van der Waals surface area contributed by atoms with Gasteiger partial charge in [-0.05, 0) is 87.8 Å². The maximum Gasteiger partial charge on any atom is 0.437 e. The predicted octanol–water partition coefficient (Wildman–Crippen LogP) is 8.29. The largest absolute Gasteiger partial charge is 0.483 e. The molecule has 2 amide bonds. The minimum atomic E-state index is -4.91. The monoisotopic (exact) mass is 865 g/mol. The van der Waals surface area contributed by atoms with Gasteiger partial charge in [-0.3, -0.25) is 23.9 Å². The van der Waals surface area contributed by atoms with Gasteiger partial charge in [-0.25, -0.2) is 13.4 Å². The van der Waals surface area contributed by atoms with Crippen LogP contribution < -0.4 is 9.46 Å². The number of aryl methyl sites for hydroxylation is 1. The first-order valence-corrected chi connectivity index (χ1v) is 22.0. The Labute approximate surface area is 349 Å². The van der Waals surface area contributed by atoms with Crippen LogP contribution in [0.25, 0.3) is 10.9 Å². The smallest absolute Gasteiger partial charge is 0.437 e. The lowest BCUT2D eigenvalue weighted by atomic mass is 9.85. The molecule has 11 nitrogen and oxygen atoms in total. The van der Waals surface area contributed by atoms with Crippen molar-refractivity contribution in [1.29, 1.82) is 0 Å². The molecule has 7 rings (SSSR count). The summed E-state index contributed by atoms with van der Waals surface area (Å²) in [6.07, 6.45) is 2.30. The summed E-state index contributed by atoms with van der Waals surface area (Å²) in [7, 11) is -4.04. The van der Waals surface area contributed by atoms with Crippen LogP contribution in [-0.4, -0.2) is 71.4 Å². The topological polar surface area (TPSA) is 149 Å². The molecule has 1 aromatic heterocycles. The number of hydrogen-bond acceptors (Lipinski definition) is 9.